The van der Waals surface area contributed by atoms with Crippen molar-refractivity contribution in [3.05, 3.63) is 74.5 Å². The normalized spacial score (nSPS) is 14.4. The van der Waals surface area contributed by atoms with Crippen LogP contribution in [0.1, 0.15) is 28.4 Å². The highest BCUT2D eigenvalue weighted by molar-refractivity contribution is 6.30. The van der Waals surface area contributed by atoms with Crippen molar-refractivity contribution in [2.24, 2.45) is 0 Å². The minimum atomic E-state index is -0.187. The van der Waals surface area contributed by atoms with Gasteiger partial charge in [-0.3, -0.25) is 9.59 Å². The molecule has 1 aromatic heterocycles. The van der Waals surface area contributed by atoms with Gasteiger partial charge in [0, 0.05) is 55.0 Å². The molecule has 5 nitrogen and oxygen atoms in total. The summed E-state index contributed by atoms with van der Waals surface area (Å²) in [7, 11) is 0. The van der Waals surface area contributed by atoms with Crippen molar-refractivity contribution in [3.63, 3.8) is 0 Å². The molecule has 0 N–H and O–H groups in total. The Morgan fingerprint density at radius 2 is 1.77 bits per heavy atom. The predicted octanol–water partition coefficient (Wildman–Crippen LogP) is 4.25. The number of carbonyl (C=O) groups is 1. The van der Waals surface area contributed by atoms with Crippen LogP contribution in [-0.4, -0.2) is 41.6 Å². The van der Waals surface area contributed by atoms with E-state index in [1.54, 1.807) is 11.1 Å². The first-order valence-corrected chi connectivity index (χ1v) is 10.7. The maximum Gasteiger partial charge on any atom is 0.259 e. The van der Waals surface area contributed by atoms with Crippen LogP contribution in [-0.2, 0) is 6.54 Å². The molecule has 0 unspecified atom stereocenters. The fourth-order valence-electron chi connectivity index (χ4n) is 4.17. The van der Waals surface area contributed by atoms with Crippen LogP contribution < -0.4 is 10.3 Å². The highest BCUT2D eigenvalue weighted by Crippen LogP contribution is 2.25. The number of carbonyl (C=O) groups excluding carboxylic acids is 1. The van der Waals surface area contributed by atoms with E-state index in [1.165, 1.54) is 0 Å². The lowest BCUT2D eigenvalue weighted by atomic mass is 10.1. The van der Waals surface area contributed by atoms with Crippen LogP contribution in [0.25, 0.3) is 10.9 Å². The smallest absolute Gasteiger partial charge is 0.259 e. The number of pyridine rings is 1. The van der Waals surface area contributed by atoms with Crippen LogP contribution in [0.15, 0.2) is 47.4 Å². The molecule has 0 radical (unpaired) electrons. The van der Waals surface area contributed by atoms with E-state index in [9.17, 15) is 9.59 Å². The lowest BCUT2D eigenvalue weighted by Crippen LogP contribution is -2.49. The maximum absolute atomic E-state index is 13.3. The van der Waals surface area contributed by atoms with Gasteiger partial charge in [-0.15, -0.1) is 0 Å². The number of aryl methyl sites for hydroxylation is 3. The van der Waals surface area contributed by atoms with Gasteiger partial charge in [0.05, 0.1) is 5.52 Å². The topological polar surface area (TPSA) is 45.6 Å². The lowest BCUT2D eigenvalue weighted by molar-refractivity contribution is 0.0745. The van der Waals surface area contributed by atoms with E-state index in [2.05, 4.69) is 11.8 Å². The number of piperazine rings is 1. The molecule has 2 heterocycles. The van der Waals surface area contributed by atoms with Crippen LogP contribution in [0.5, 0.6) is 0 Å². The Morgan fingerprint density at radius 3 is 2.47 bits per heavy atom. The van der Waals surface area contributed by atoms with Gasteiger partial charge in [0.1, 0.15) is 5.56 Å². The van der Waals surface area contributed by atoms with Crippen molar-refractivity contribution in [1.82, 2.24) is 9.47 Å². The Kier molecular flexibility index (Phi) is 5.56. The highest BCUT2D eigenvalue weighted by atomic mass is 35.5. The first-order chi connectivity index (χ1) is 14.4. The number of nitrogens with zero attached hydrogens (tertiary/aromatic N) is 3. The van der Waals surface area contributed by atoms with Gasteiger partial charge in [-0.2, -0.15) is 0 Å². The first kappa shape index (κ1) is 20.5. The Bertz CT molecular complexity index is 1180. The summed E-state index contributed by atoms with van der Waals surface area (Å²) >= 11 is 6.17. The van der Waals surface area contributed by atoms with Crippen molar-refractivity contribution < 1.29 is 4.79 Å². The fraction of sp³-hybridized carbons (Fsp3) is 0.333. The Balaban J connectivity index is 1.60. The summed E-state index contributed by atoms with van der Waals surface area (Å²) < 4.78 is 1.98. The molecule has 3 aromatic rings. The second kappa shape index (κ2) is 8.15. The molecule has 2 aromatic carbocycles. The van der Waals surface area contributed by atoms with E-state index in [-0.39, 0.29) is 16.9 Å². The molecule has 1 saturated heterocycles. The van der Waals surface area contributed by atoms with Crippen LogP contribution in [0.2, 0.25) is 5.02 Å². The van der Waals surface area contributed by atoms with Crippen molar-refractivity contribution in [2.45, 2.75) is 27.3 Å². The summed E-state index contributed by atoms with van der Waals surface area (Å²) in [5, 5.41) is 1.32. The van der Waals surface area contributed by atoms with Gasteiger partial charge in [-0.1, -0.05) is 29.3 Å². The number of aromatic nitrogens is 1. The summed E-state index contributed by atoms with van der Waals surface area (Å²) in [5.74, 6) is -0.187. The monoisotopic (exact) mass is 423 g/mol. The molecule has 1 aliphatic rings. The molecule has 0 saturated carbocycles. The number of anilines is 1. The van der Waals surface area contributed by atoms with Crippen molar-refractivity contribution in [2.75, 3.05) is 31.1 Å². The van der Waals surface area contributed by atoms with Gasteiger partial charge in [0.15, 0.2) is 0 Å². The zero-order valence-corrected chi connectivity index (χ0v) is 18.4. The third-order valence-corrected chi connectivity index (χ3v) is 6.12. The van der Waals surface area contributed by atoms with Gasteiger partial charge < -0.3 is 14.4 Å². The Hall–Kier alpha value is -2.79. The number of rotatable bonds is 3. The Labute approximate surface area is 181 Å². The van der Waals surface area contributed by atoms with Gasteiger partial charge in [0.25, 0.3) is 5.91 Å². The quantitative estimate of drug-likeness (QED) is 0.632. The maximum atomic E-state index is 13.3. The fourth-order valence-corrected chi connectivity index (χ4v) is 4.34. The third-order valence-electron chi connectivity index (χ3n) is 5.89. The van der Waals surface area contributed by atoms with Crippen molar-refractivity contribution in [3.8, 4) is 0 Å². The molecular formula is C24H26ClN3O2. The SMILES string of the molecule is CCn1cc(C(=O)N2CCN(c3cc(Cl)ccc3C)CC2)c(=O)c2cc(C)ccc21. The van der Waals surface area contributed by atoms with Crippen molar-refractivity contribution in [1.29, 1.82) is 0 Å². The molecule has 1 aliphatic heterocycles. The summed E-state index contributed by atoms with van der Waals surface area (Å²) in [6.07, 6.45) is 1.72. The van der Waals surface area contributed by atoms with Gasteiger partial charge in [-0.25, -0.2) is 0 Å². The summed E-state index contributed by atoms with van der Waals surface area (Å²) in [6.45, 7) is 9.30. The standard InChI is InChI=1S/C24H26ClN3O2/c1-4-26-15-20(23(29)19-13-16(2)5-8-21(19)26)24(30)28-11-9-27(10-12-28)22-14-18(25)7-6-17(22)3/h5-8,13-15H,4,9-12H2,1-3H3. The minimum absolute atomic E-state index is 0.184. The van der Waals surface area contributed by atoms with Gasteiger partial charge in [-0.05, 0) is 50.6 Å². The Morgan fingerprint density at radius 1 is 1.03 bits per heavy atom. The summed E-state index contributed by atoms with van der Waals surface area (Å²) in [5.41, 5.74) is 4.21. The number of halogens is 1. The van der Waals surface area contributed by atoms with E-state index in [0.717, 1.165) is 22.3 Å². The van der Waals surface area contributed by atoms with Crippen molar-refractivity contribution >= 4 is 34.1 Å². The largest absolute Gasteiger partial charge is 0.368 e. The molecule has 156 valence electrons. The second-order valence-electron chi connectivity index (χ2n) is 7.89. The lowest BCUT2D eigenvalue weighted by Gasteiger charge is -2.37. The molecule has 1 amide bonds. The zero-order valence-electron chi connectivity index (χ0n) is 17.6. The van der Waals surface area contributed by atoms with E-state index in [0.29, 0.717) is 43.1 Å². The average Bonchev–Trinajstić information content (AvgIpc) is 2.76. The third kappa shape index (κ3) is 3.70. The van der Waals surface area contributed by atoms with Crippen LogP contribution >= 0.6 is 11.6 Å². The van der Waals surface area contributed by atoms with Crippen LogP contribution in [0.4, 0.5) is 5.69 Å². The molecule has 0 bridgehead atoms. The van der Waals surface area contributed by atoms with E-state index in [1.807, 2.05) is 54.8 Å². The molecule has 30 heavy (non-hydrogen) atoms. The van der Waals surface area contributed by atoms with Crippen LogP contribution in [0.3, 0.4) is 0 Å². The first-order valence-electron chi connectivity index (χ1n) is 10.3. The minimum Gasteiger partial charge on any atom is -0.368 e. The number of fused-ring (bicyclic) bond motifs is 1. The molecule has 6 heteroatoms. The van der Waals surface area contributed by atoms with Gasteiger partial charge in [0.2, 0.25) is 5.43 Å². The van der Waals surface area contributed by atoms with Crippen LogP contribution in [0, 0.1) is 13.8 Å². The number of hydrogen-bond acceptors (Lipinski definition) is 3. The van der Waals surface area contributed by atoms with Gasteiger partial charge >= 0.3 is 0 Å². The number of benzene rings is 2. The highest BCUT2D eigenvalue weighted by Gasteiger charge is 2.26. The molecule has 0 atom stereocenters. The van der Waals surface area contributed by atoms with E-state index < -0.39 is 0 Å². The summed E-state index contributed by atoms with van der Waals surface area (Å²) in [6, 6.07) is 11.7. The molecule has 0 spiro atoms. The molecular weight excluding hydrogens is 398 g/mol. The molecule has 1 fully saturated rings. The van der Waals surface area contributed by atoms with E-state index >= 15 is 0 Å². The molecule has 4 rings (SSSR count). The average molecular weight is 424 g/mol. The second-order valence-corrected chi connectivity index (χ2v) is 8.33. The number of hydrogen-bond donors (Lipinski definition) is 0. The molecule has 0 aliphatic carbocycles. The zero-order chi connectivity index (χ0) is 21.4. The number of amides is 1. The van der Waals surface area contributed by atoms with E-state index in [4.69, 9.17) is 11.6 Å². The predicted molar refractivity (Wildman–Crippen MR) is 123 cm³/mol. The summed E-state index contributed by atoms with van der Waals surface area (Å²) in [4.78, 5) is 30.4.